The van der Waals surface area contributed by atoms with Gasteiger partial charge in [0, 0.05) is 5.41 Å². The molecule has 5 aliphatic rings. The van der Waals surface area contributed by atoms with Gasteiger partial charge < -0.3 is 30.2 Å². The second-order valence-corrected chi connectivity index (χ2v) is 13.6. The van der Waals surface area contributed by atoms with Gasteiger partial charge in [-0.25, -0.2) is 14.2 Å². The summed E-state index contributed by atoms with van der Waals surface area (Å²) in [7, 11) is 1.20. The Morgan fingerprint density at radius 1 is 1.30 bits per heavy atom. The second kappa shape index (κ2) is 11.2. The Hall–Kier alpha value is -2.92. The van der Waals surface area contributed by atoms with Crippen molar-refractivity contribution in [3.8, 4) is 0 Å². The Kier molecular flexibility index (Phi) is 7.88. The zero-order valence-corrected chi connectivity index (χ0v) is 25.8. The number of carbonyl (C=O) groups is 2. The Morgan fingerprint density at radius 2 is 2.07 bits per heavy atom. The van der Waals surface area contributed by atoms with Crippen LogP contribution in [0.4, 0.5) is 10.1 Å². The Labute approximate surface area is 257 Å². The Balaban J connectivity index is 1.35. The first-order valence-electron chi connectivity index (χ1n) is 15.7. The lowest BCUT2D eigenvalue weighted by Crippen LogP contribution is -2.63. The summed E-state index contributed by atoms with van der Waals surface area (Å²) < 4.78 is 31.8. The van der Waals surface area contributed by atoms with Gasteiger partial charge >= 0.3 is 5.97 Å². The van der Waals surface area contributed by atoms with Crippen molar-refractivity contribution in [2.24, 2.45) is 39.3 Å². The molecule has 1 aromatic rings. The molecule has 4 fully saturated rings. The summed E-state index contributed by atoms with van der Waals surface area (Å²) in [5.41, 5.74) is 6.60. The van der Waals surface area contributed by atoms with Gasteiger partial charge in [-0.1, -0.05) is 32.8 Å². The number of esters is 1. The summed E-state index contributed by atoms with van der Waals surface area (Å²) in [6.07, 6.45) is 6.55. The molecule has 1 aliphatic heterocycles. The maximum absolute atomic E-state index is 14.3. The van der Waals surface area contributed by atoms with Crippen LogP contribution in [0.15, 0.2) is 46.6 Å². The molecule has 0 spiro atoms. The van der Waals surface area contributed by atoms with Gasteiger partial charge in [-0.15, -0.1) is 0 Å². The number of aliphatic imine (C=N–C) groups is 1. The predicted molar refractivity (Wildman–Crippen MR) is 160 cm³/mol. The van der Waals surface area contributed by atoms with Gasteiger partial charge in [-0.05, 0) is 97.7 Å². The van der Waals surface area contributed by atoms with Crippen LogP contribution >= 0.6 is 0 Å². The summed E-state index contributed by atoms with van der Waals surface area (Å²) in [6.45, 7) is 5.65. The zero-order chi connectivity index (χ0) is 31.6. The quantitative estimate of drug-likeness (QED) is 0.400. The molecule has 238 valence electrons. The van der Waals surface area contributed by atoms with E-state index in [-0.39, 0.29) is 29.1 Å². The van der Waals surface area contributed by atoms with E-state index in [4.69, 9.17) is 24.9 Å². The fourth-order valence-electron chi connectivity index (χ4n) is 9.72. The van der Waals surface area contributed by atoms with Gasteiger partial charge in [0.15, 0.2) is 17.7 Å². The standard InChI is InChI=1S/C34H43FN2O7/c1-5-6-29-43-28-13-23-21-9-7-19-11-25(37-20-8-10-24(35)22(12-20)31(41)42-4)18(16-36)14-32(19,2)30(21)26(39)15-33(23,3)34(28,44-29)27(40)17-38/h8,10-12,16,21,23,26,28-30,38-39H,5-7,9,13-15,17,36H2,1-4H3/t21-,23?,26?,28+,29+,30?,32-,33-,34+/m0/s1. The number of hydrogen-bond donors (Lipinski definition) is 3. The lowest BCUT2D eigenvalue weighted by Gasteiger charge is -2.60. The molecule has 0 aromatic heterocycles. The number of nitrogens with two attached hydrogens (primary N) is 1. The van der Waals surface area contributed by atoms with Crippen molar-refractivity contribution >= 4 is 23.2 Å². The van der Waals surface area contributed by atoms with Gasteiger partial charge in [0.1, 0.15) is 12.4 Å². The van der Waals surface area contributed by atoms with Crippen LogP contribution in [0.25, 0.3) is 0 Å². The van der Waals surface area contributed by atoms with Crippen molar-refractivity contribution in [3.05, 3.63) is 53.0 Å². The highest BCUT2D eigenvalue weighted by molar-refractivity contribution is 6.11. The highest BCUT2D eigenvalue weighted by atomic mass is 19.1. The van der Waals surface area contributed by atoms with E-state index in [9.17, 15) is 24.2 Å². The van der Waals surface area contributed by atoms with Crippen LogP contribution in [-0.2, 0) is 19.0 Å². The number of ketones is 1. The molecular formula is C34H43FN2O7. The molecule has 1 saturated heterocycles. The fourth-order valence-corrected chi connectivity index (χ4v) is 9.72. The third-order valence-electron chi connectivity index (χ3n) is 11.5. The molecule has 9 nitrogen and oxygen atoms in total. The summed E-state index contributed by atoms with van der Waals surface area (Å²) in [4.78, 5) is 30.3. The molecule has 4 N–H and O–H groups in total. The maximum Gasteiger partial charge on any atom is 0.340 e. The van der Waals surface area contributed by atoms with Crippen LogP contribution in [0.1, 0.15) is 76.1 Å². The average molecular weight is 611 g/mol. The van der Waals surface area contributed by atoms with E-state index in [2.05, 4.69) is 13.8 Å². The van der Waals surface area contributed by atoms with E-state index in [0.29, 0.717) is 37.1 Å². The number of rotatable bonds is 6. The minimum absolute atomic E-state index is 0.0636. The van der Waals surface area contributed by atoms with Crippen LogP contribution < -0.4 is 5.73 Å². The first-order valence-corrected chi connectivity index (χ1v) is 15.7. The smallest absolute Gasteiger partial charge is 0.340 e. The number of fused-ring (bicyclic) bond motifs is 7. The van der Waals surface area contributed by atoms with Crippen LogP contribution in [0.3, 0.4) is 0 Å². The van der Waals surface area contributed by atoms with Crippen molar-refractivity contribution in [2.75, 3.05) is 13.7 Å². The van der Waals surface area contributed by atoms with Crippen molar-refractivity contribution in [1.29, 1.82) is 0 Å². The van der Waals surface area contributed by atoms with Gasteiger partial charge in [-0.3, -0.25) is 4.79 Å². The molecule has 44 heavy (non-hydrogen) atoms. The van der Waals surface area contributed by atoms with Gasteiger partial charge in [0.05, 0.1) is 36.3 Å². The number of nitrogens with zero attached hydrogens (tertiary/aromatic N) is 1. The van der Waals surface area contributed by atoms with Crippen LogP contribution in [0.5, 0.6) is 0 Å². The van der Waals surface area contributed by atoms with Gasteiger partial charge in [0.25, 0.3) is 0 Å². The molecule has 0 bridgehead atoms. The highest BCUT2D eigenvalue weighted by Crippen LogP contribution is 2.70. The molecule has 1 aromatic carbocycles. The number of methoxy groups -OCH3 is 1. The zero-order valence-electron chi connectivity index (χ0n) is 25.8. The van der Waals surface area contributed by atoms with E-state index in [0.717, 1.165) is 30.4 Å². The third-order valence-corrected chi connectivity index (χ3v) is 11.5. The Morgan fingerprint density at radius 3 is 2.75 bits per heavy atom. The first kappa shape index (κ1) is 31.1. The third kappa shape index (κ3) is 4.35. The largest absolute Gasteiger partial charge is 0.465 e. The molecule has 0 radical (unpaired) electrons. The van der Waals surface area contributed by atoms with Crippen molar-refractivity contribution < 1.29 is 38.4 Å². The number of carbonyl (C=O) groups excluding carboxylic acids is 2. The minimum Gasteiger partial charge on any atom is -0.465 e. The van der Waals surface area contributed by atoms with Crippen molar-refractivity contribution in [3.63, 3.8) is 0 Å². The van der Waals surface area contributed by atoms with Crippen LogP contribution in [-0.4, -0.2) is 65.5 Å². The summed E-state index contributed by atoms with van der Waals surface area (Å²) in [6, 6.07) is 4.07. The molecule has 9 atom stereocenters. The maximum atomic E-state index is 14.3. The number of allylic oxidation sites excluding steroid dienone is 3. The monoisotopic (exact) mass is 610 g/mol. The number of hydrogen-bond acceptors (Lipinski definition) is 9. The van der Waals surface area contributed by atoms with Gasteiger partial charge in [-0.2, -0.15) is 0 Å². The summed E-state index contributed by atoms with van der Waals surface area (Å²) in [5, 5.41) is 22.1. The van der Waals surface area contributed by atoms with E-state index >= 15 is 0 Å². The fraction of sp³-hybridized carbons (Fsp3) is 0.618. The SMILES string of the molecule is CCC[C@@H]1O[C@@H]2CC3[C@@H]4CCC5=CC(=Nc6ccc(F)c(C(=O)OC)c6)C(=CN)C[C@]5(C)C4C(O)C[C@]3(C)[C@]2(C(=O)CO)O1. The van der Waals surface area contributed by atoms with E-state index in [1.807, 2.05) is 13.0 Å². The van der Waals surface area contributed by atoms with Gasteiger partial charge in [0.2, 0.25) is 0 Å². The van der Waals surface area contributed by atoms with Crippen molar-refractivity contribution in [1.82, 2.24) is 0 Å². The normalized spacial score (nSPS) is 41.0. The van der Waals surface area contributed by atoms with Crippen LogP contribution in [0, 0.1) is 34.4 Å². The number of Topliss-reactive ketones (excluding diaryl/α,β-unsaturated/α-hetero) is 1. The van der Waals surface area contributed by atoms with Crippen molar-refractivity contribution in [2.45, 2.75) is 89.8 Å². The number of aliphatic hydroxyl groups excluding tert-OH is 2. The highest BCUT2D eigenvalue weighted by Gasteiger charge is 2.75. The van der Waals surface area contributed by atoms with Crippen LogP contribution in [0.2, 0.25) is 0 Å². The molecule has 4 aliphatic carbocycles. The number of aliphatic hydroxyl groups is 2. The topological polar surface area (TPSA) is 141 Å². The second-order valence-electron chi connectivity index (χ2n) is 13.6. The molecule has 3 saturated carbocycles. The number of benzene rings is 1. The summed E-state index contributed by atoms with van der Waals surface area (Å²) >= 11 is 0. The lowest BCUT2D eigenvalue weighted by molar-refractivity contribution is -0.202. The average Bonchev–Trinajstić information content (AvgIpc) is 3.48. The Bertz CT molecular complexity index is 1460. The molecule has 10 heteroatoms. The molecule has 6 rings (SSSR count). The van der Waals surface area contributed by atoms with E-state index < -0.39 is 53.3 Å². The minimum atomic E-state index is -1.28. The number of halogens is 1. The predicted octanol–water partition coefficient (Wildman–Crippen LogP) is 4.52. The molecule has 0 amide bonds. The van der Waals surface area contributed by atoms with E-state index in [1.54, 1.807) is 0 Å². The lowest BCUT2D eigenvalue weighted by atomic mass is 9.45. The summed E-state index contributed by atoms with van der Waals surface area (Å²) in [5.74, 6) is -1.75. The first-order chi connectivity index (χ1) is 21.0. The van der Waals surface area contributed by atoms with E-state index in [1.165, 1.54) is 31.5 Å². The molecule has 1 heterocycles. The molecular weight excluding hydrogens is 567 g/mol. The number of ether oxygens (including phenoxy) is 3. The molecule has 3 unspecified atom stereocenters.